The molecule has 10 heteroatoms. The number of piperidine rings is 1. The van der Waals surface area contributed by atoms with Crippen LogP contribution in [0, 0.1) is 0 Å². The van der Waals surface area contributed by atoms with E-state index in [1.165, 1.54) is 11.1 Å². The lowest BCUT2D eigenvalue weighted by Gasteiger charge is -2.25. The molecule has 7 nitrogen and oxygen atoms in total. The number of amides is 1. The quantitative estimate of drug-likeness (QED) is 0.669. The Balaban J connectivity index is 1.52. The van der Waals surface area contributed by atoms with Gasteiger partial charge in [-0.1, -0.05) is 6.42 Å². The summed E-state index contributed by atoms with van der Waals surface area (Å²) in [6, 6.07) is 3.72. The number of carbonyl (C=O) groups excluding carboxylic acids is 1. The molecule has 29 heavy (non-hydrogen) atoms. The van der Waals surface area contributed by atoms with Gasteiger partial charge in [0.25, 0.3) is 0 Å². The standard InChI is InChI=1S/C19H19B3N6O/c20-19(21,22)28-11-15(10-25-28)16-6-13-7-17(24-9-14(13)8-23-16)26-18(29)12-27-4-2-1-3-5-27/h6-11H,1-5,12H2,(H,24,26,29). The van der Waals surface area contributed by atoms with E-state index < -0.39 is 5.24 Å². The molecule has 0 atom stereocenters. The minimum Gasteiger partial charge on any atom is -0.310 e. The van der Waals surface area contributed by atoms with Crippen LogP contribution < -0.4 is 5.32 Å². The summed E-state index contributed by atoms with van der Waals surface area (Å²) in [7, 11) is 17.0. The van der Waals surface area contributed by atoms with Gasteiger partial charge in [-0.25, -0.2) is 4.98 Å². The number of anilines is 1. The summed E-state index contributed by atoms with van der Waals surface area (Å²) in [5.41, 5.74) is 1.41. The molecule has 1 saturated heterocycles. The third-order valence-corrected chi connectivity index (χ3v) is 4.96. The summed E-state index contributed by atoms with van der Waals surface area (Å²) in [5, 5.41) is 7.15. The molecule has 6 radical (unpaired) electrons. The first kappa shape index (κ1) is 19.7. The lowest BCUT2D eigenvalue weighted by molar-refractivity contribution is -0.117. The number of hydrogen-bond donors (Lipinski definition) is 1. The molecule has 0 aliphatic carbocycles. The van der Waals surface area contributed by atoms with Crippen molar-refractivity contribution in [3.8, 4) is 11.3 Å². The number of carbonyl (C=O) groups is 1. The first-order chi connectivity index (χ1) is 13.9. The summed E-state index contributed by atoms with van der Waals surface area (Å²) in [6.07, 6.45) is 10.2. The number of likely N-dealkylation sites (tertiary alicyclic amines) is 1. The molecule has 1 aliphatic rings. The average molecular weight is 380 g/mol. The second kappa shape index (κ2) is 8.03. The van der Waals surface area contributed by atoms with Gasteiger partial charge >= 0.3 is 0 Å². The van der Waals surface area contributed by atoms with Gasteiger partial charge in [0.2, 0.25) is 5.91 Å². The Morgan fingerprint density at radius 1 is 1.03 bits per heavy atom. The van der Waals surface area contributed by atoms with Crippen LogP contribution in [-0.2, 0) is 10.0 Å². The maximum Gasteiger partial charge on any atom is 0.239 e. The first-order valence-corrected chi connectivity index (χ1v) is 9.59. The average Bonchev–Trinajstić information content (AvgIpc) is 3.19. The molecular weight excluding hydrogens is 361 g/mol. The minimum atomic E-state index is -1.58. The summed E-state index contributed by atoms with van der Waals surface area (Å²) in [6.45, 7) is 2.33. The fraction of sp³-hybridized carbons (Fsp3) is 0.368. The van der Waals surface area contributed by atoms with Crippen molar-refractivity contribution in [2.24, 2.45) is 0 Å². The van der Waals surface area contributed by atoms with Gasteiger partial charge in [-0.05, 0) is 48.7 Å². The zero-order valence-electron chi connectivity index (χ0n) is 16.1. The van der Waals surface area contributed by atoms with E-state index in [1.54, 1.807) is 24.8 Å². The first-order valence-electron chi connectivity index (χ1n) is 9.59. The highest BCUT2D eigenvalue weighted by Crippen LogP contribution is 2.23. The van der Waals surface area contributed by atoms with Crippen LogP contribution in [0.15, 0.2) is 36.9 Å². The van der Waals surface area contributed by atoms with E-state index in [0.717, 1.165) is 42.3 Å². The van der Waals surface area contributed by atoms with E-state index in [-0.39, 0.29) is 5.91 Å². The molecule has 3 aromatic heterocycles. The van der Waals surface area contributed by atoms with Crippen molar-refractivity contribution < 1.29 is 4.79 Å². The molecule has 0 bridgehead atoms. The maximum absolute atomic E-state index is 12.4. The van der Waals surface area contributed by atoms with Crippen LogP contribution in [0.1, 0.15) is 19.3 Å². The van der Waals surface area contributed by atoms with E-state index in [9.17, 15) is 4.79 Å². The molecule has 3 aromatic rings. The monoisotopic (exact) mass is 380 g/mol. The summed E-state index contributed by atoms with van der Waals surface area (Å²) in [5.74, 6) is 0.455. The van der Waals surface area contributed by atoms with Gasteiger partial charge in [-0.3, -0.25) is 19.4 Å². The molecule has 1 aliphatic heterocycles. The largest absolute Gasteiger partial charge is 0.310 e. The smallest absolute Gasteiger partial charge is 0.239 e. The molecule has 0 saturated carbocycles. The van der Waals surface area contributed by atoms with Gasteiger partial charge in [-0.2, -0.15) is 5.10 Å². The molecule has 0 aromatic carbocycles. The topological polar surface area (TPSA) is 75.9 Å². The third-order valence-electron chi connectivity index (χ3n) is 4.96. The molecule has 0 spiro atoms. The fourth-order valence-electron chi connectivity index (χ4n) is 3.43. The predicted molar refractivity (Wildman–Crippen MR) is 115 cm³/mol. The molecule has 1 amide bonds. The van der Waals surface area contributed by atoms with Crippen LogP contribution in [0.2, 0.25) is 0 Å². The van der Waals surface area contributed by atoms with Crippen LogP contribution in [-0.4, -0.2) is 73.7 Å². The van der Waals surface area contributed by atoms with E-state index in [2.05, 4.69) is 25.3 Å². The van der Waals surface area contributed by atoms with Crippen LogP contribution in [0.25, 0.3) is 22.0 Å². The third kappa shape index (κ3) is 4.70. The fourth-order valence-corrected chi connectivity index (χ4v) is 3.43. The van der Waals surface area contributed by atoms with Gasteiger partial charge in [-0.15, -0.1) is 0 Å². The van der Waals surface area contributed by atoms with Crippen LogP contribution >= 0.6 is 0 Å². The minimum absolute atomic E-state index is 0.0560. The summed E-state index contributed by atoms with van der Waals surface area (Å²) in [4.78, 5) is 23.3. The summed E-state index contributed by atoms with van der Waals surface area (Å²) < 4.78 is 1.27. The van der Waals surface area contributed by atoms with Crippen molar-refractivity contribution in [1.82, 2.24) is 24.6 Å². The maximum atomic E-state index is 12.4. The Labute approximate surface area is 173 Å². The molecule has 4 heterocycles. The SMILES string of the molecule is [B]C([B])([B])n1cc(-c2cc3cc(NC(=O)CN4CCCCC4)ncc3cn2)cn1. The molecule has 1 fully saturated rings. The van der Waals surface area contributed by atoms with E-state index in [0.29, 0.717) is 18.1 Å². The molecule has 4 rings (SSSR count). The number of fused-ring (bicyclic) bond motifs is 1. The molecule has 1 N–H and O–H groups in total. The highest BCUT2D eigenvalue weighted by Gasteiger charge is 2.16. The number of aromatic nitrogens is 4. The Morgan fingerprint density at radius 3 is 2.52 bits per heavy atom. The normalized spacial score (nSPS) is 15.4. The molecule has 140 valence electrons. The Morgan fingerprint density at radius 2 is 1.79 bits per heavy atom. The second-order valence-corrected chi connectivity index (χ2v) is 7.43. The van der Waals surface area contributed by atoms with Crippen molar-refractivity contribution in [3.63, 3.8) is 0 Å². The van der Waals surface area contributed by atoms with Gasteiger partial charge < -0.3 is 5.32 Å². The number of rotatable bonds is 5. The van der Waals surface area contributed by atoms with Crippen molar-refractivity contribution in [3.05, 3.63) is 36.9 Å². The number of hydrogen-bond acceptors (Lipinski definition) is 5. The van der Waals surface area contributed by atoms with Crippen molar-refractivity contribution >= 4 is 46.0 Å². The predicted octanol–water partition coefficient (Wildman–Crippen LogP) is 0.991. The molecule has 0 unspecified atom stereocenters. The Kier molecular flexibility index (Phi) is 5.45. The Hall–Kier alpha value is -2.61. The van der Waals surface area contributed by atoms with E-state index in [4.69, 9.17) is 23.5 Å². The van der Waals surface area contributed by atoms with E-state index in [1.807, 2.05) is 12.1 Å². The highest BCUT2D eigenvalue weighted by molar-refractivity contribution is 6.56. The zero-order chi connectivity index (χ0) is 20.4. The van der Waals surface area contributed by atoms with Gasteiger partial charge in [0.15, 0.2) is 0 Å². The van der Waals surface area contributed by atoms with Crippen LogP contribution in [0.5, 0.6) is 0 Å². The van der Waals surface area contributed by atoms with Gasteiger partial charge in [0.1, 0.15) is 5.82 Å². The highest BCUT2D eigenvalue weighted by atomic mass is 16.2. The van der Waals surface area contributed by atoms with Gasteiger partial charge in [0.05, 0.1) is 42.0 Å². The van der Waals surface area contributed by atoms with Crippen molar-refractivity contribution in [2.75, 3.05) is 25.0 Å². The number of nitrogens with one attached hydrogen (secondary N) is 1. The van der Waals surface area contributed by atoms with Crippen LogP contribution in [0.3, 0.4) is 0 Å². The summed E-state index contributed by atoms with van der Waals surface area (Å²) >= 11 is 0. The van der Waals surface area contributed by atoms with E-state index >= 15 is 0 Å². The van der Waals surface area contributed by atoms with Gasteiger partial charge in [0, 0.05) is 29.5 Å². The number of nitrogens with zero attached hydrogens (tertiary/aromatic N) is 5. The van der Waals surface area contributed by atoms with Crippen molar-refractivity contribution in [2.45, 2.75) is 24.5 Å². The lowest BCUT2D eigenvalue weighted by atomic mass is 9.49. The number of pyridine rings is 2. The second-order valence-electron chi connectivity index (χ2n) is 7.43. The zero-order valence-corrected chi connectivity index (χ0v) is 16.1. The molecular formula is C19H19B3N6O. The Bertz CT molecular complexity index is 1030. The van der Waals surface area contributed by atoms with Crippen molar-refractivity contribution in [1.29, 1.82) is 0 Å². The van der Waals surface area contributed by atoms with Crippen LogP contribution in [0.4, 0.5) is 5.82 Å². The lowest BCUT2D eigenvalue weighted by Crippen LogP contribution is -2.36.